The van der Waals surface area contributed by atoms with E-state index in [4.69, 9.17) is 16.0 Å². The molecule has 0 saturated heterocycles. The zero-order valence-corrected chi connectivity index (χ0v) is 12.3. The second-order valence-electron chi connectivity index (χ2n) is 5.11. The van der Waals surface area contributed by atoms with E-state index in [1.54, 1.807) is 12.1 Å². The zero-order valence-electron chi connectivity index (χ0n) is 11.4. The SMILES string of the molecule is N/C(=N/O)c1cccc(S(=O)(=O)CCNC2CC(O)C2)c1. The first-order valence-electron chi connectivity index (χ1n) is 6.64. The van der Waals surface area contributed by atoms with E-state index in [0.29, 0.717) is 24.9 Å². The topological polar surface area (TPSA) is 125 Å². The van der Waals surface area contributed by atoms with Crippen molar-refractivity contribution < 1.29 is 18.7 Å². The van der Waals surface area contributed by atoms with Gasteiger partial charge in [0.1, 0.15) is 0 Å². The molecule has 8 heteroatoms. The lowest BCUT2D eigenvalue weighted by molar-refractivity contribution is 0.0635. The standard InChI is InChI=1S/C13H19N3O4S/c14-13(16-18)9-2-1-3-12(6-9)21(19,20)5-4-15-10-7-11(17)8-10/h1-3,6,10-11,15,17-18H,4-5,7-8H2,(H2,14,16). The molecule has 116 valence electrons. The highest BCUT2D eigenvalue weighted by Gasteiger charge is 2.26. The molecule has 0 aromatic heterocycles. The molecular weight excluding hydrogens is 294 g/mol. The van der Waals surface area contributed by atoms with Gasteiger partial charge in [0.05, 0.1) is 16.8 Å². The van der Waals surface area contributed by atoms with E-state index in [0.717, 1.165) is 0 Å². The predicted octanol–water partition coefficient (Wildman–Crippen LogP) is -0.332. The summed E-state index contributed by atoms with van der Waals surface area (Å²) >= 11 is 0. The Kier molecular flexibility index (Phi) is 4.81. The van der Waals surface area contributed by atoms with Crippen LogP contribution in [-0.2, 0) is 9.84 Å². The number of oxime groups is 1. The molecule has 0 heterocycles. The maximum Gasteiger partial charge on any atom is 0.179 e. The van der Waals surface area contributed by atoms with Crippen LogP contribution in [0.25, 0.3) is 0 Å². The number of hydrogen-bond acceptors (Lipinski definition) is 6. The maximum atomic E-state index is 12.2. The van der Waals surface area contributed by atoms with Crippen molar-refractivity contribution in [3.05, 3.63) is 29.8 Å². The zero-order chi connectivity index (χ0) is 15.5. The number of nitrogens with two attached hydrogens (primary N) is 1. The first-order chi connectivity index (χ1) is 9.92. The van der Waals surface area contributed by atoms with Gasteiger partial charge in [-0.3, -0.25) is 0 Å². The summed E-state index contributed by atoms with van der Waals surface area (Å²) in [5, 5.41) is 23.7. The predicted molar refractivity (Wildman–Crippen MR) is 78.0 cm³/mol. The number of rotatable bonds is 6. The van der Waals surface area contributed by atoms with Gasteiger partial charge < -0.3 is 21.4 Å². The lowest BCUT2D eigenvalue weighted by atomic mass is 9.90. The van der Waals surface area contributed by atoms with E-state index in [-0.39, 0.29) is 28.6 Å². The Morgan fingerprint density at radius 3 is 2.76 bits per heavy atom. The van der Waals surface area contributed by atoms with Crippen molar-refractivity contribution in [3.8, 4) is 0 Å². The molecule has 5 N–H and O–H groups in total. The Bertz CT molecular complexity index is 624. The molecule has 1 saturated carbocycles. The molecule has 7 nitrogen and oxygen atoms in total. The van der Waals surface area contributed by atoms with Crippen molar-refractivity contribution in [2.45, 2.75) is 29.9 Å². The smallest absolute Gasteiger partial charge is 0.179 e. The van der Waals surface area contributed by atoms with Crippen LogP contribution in [0, 0.1) is 0 Å². The van der Waals surface area contributed by atoms with Crippen LogP contribution in [0.5, 0.6) is 0 Å². The lowest BCUT2D eigenvalue weighted by Crippen LogP contribution is -2.45. The molecule has 0 unspecified atom stereocenters. The Morgan fingerprint density at radius 2 is 2.14 bits per heavy atom. The minimum Gasteiger partial charge on any atom is -0.409 e. The molecule has 21 heavy (non-hydrogen) atoms. The van der Waals surface area contributed by atoms with Gasteiger partial charge in [0, 0.05) is 18.2 Å². The minimum absolute atomic E-state index is 0.0424. The van der Waals surface area contributed by atoms with Gasteiger partial charge in [-0.15, -0.1) is 0 Å². The molecule has 1 fully saturated rings. The number of sulfone groups is 1. The lowest BCUT2D eigenvalue weighted by Gasteiger charge is -2.32. The Balaban J connectivity index is 1.98. The number of amidine groups is 1. The third-order valence-electron chi connectivity index (χ3n) is 3.51. The first-order valence-corrected chi connectivity index (χ1v) is 8.30. The van der Waals surface area contributed by atoms with Gasteiger partial charge in [0.25, 0.3) is 0 Å². The van der Waals surface area contributed by atoms with Crippen molar-refractivity contribution >= 4 is 15.7 Å². The molecule has 0 amide bonds. The molecule has 0 bridgehead atoms. The largest absolute Gasteiger partial charge is 0.409 e. The summed E-state index contributed by atoms with van der Waals surface area (Å²) in [6.07, 6.45) is 1.06. The number of nitrogens with one attached hydrogen (secondary N) is 1. The third kappa shape index (κ3) is 3.93. The van der Waals surface area contributed by atoms with Crippen LogP contribution in [0.3, 0.4) is 0 Å². The maximum absolute atomic E-state index is 12.2. The summed E-state index contributed by atoms with van der Waals surface area (Å²) in [4.78, 5) is 0.141. The van der Waals surface area contributed by atoms with Crippen molar-refractivity contribution in [1.82, 2.24) is 5.32 Å². The second-order valence-corrected chi connectivity index (χ2v) is 7.22. The van der Waals surface area contributed by atoms with Crippen LogP contribution >= 0.6 is 0 Å². The van der Waals surface area contributed by atoms with Gasteiger partial charge in [-0.05, 0) is 25.0 Å². The van der Waals surface area contributed by atoms with Crippen molar-refractivity contribution in [3.63, 3.8) is 0 Å². The third-order valence-corrected chi connectivity index (χ3v) is 5.23. The van der Waals surface area contributed by atoms with Gasteiger partial charge in [-0.25, -0.2) is 8.42 Å². The summed E-state index contributed by atoms with van der Waals surface area (Å²) in [5.74, 6) is -0.173. The van der Waals surface area contributed by atoms with Crippen LogP contribution in [0.4, 0.5) is 0 Å². The molecule has 2 rings (SSSR count). The Morgan fingerprint density at radius 1 is 1.43 bits per heavy atom. The second kappa shape index (κ2) is 6.42. The monoisotopic (exact) mass is 313 g/mol. The van der Waals surface area contributed by atoms with Crippen LogP contribution in [0.1, 0.15) is 18.4 Å². The van der Waals surface area contributed by atoms with Gasteiger partial charge in [0.15, 0.2) is 15.7 Å². The van der Waals surface area contributed by atoms with Crippen LogP contribution in [0.2, 0.25) is 0 Å². The molecule has 1 aromatic carbocycles. The molecule has 1 aliphatic carbocycles. The summed E-state index contributed by atoms with van der Waals surface area (Å²) in [7, 11) is -3.44. The fourth-order valence-electron chi connectivity index (χ4n) is 2.18. The van der Waals surface area contributed by atoms with Crippen LogP contribution in [-0.4, -0.2) is 49.0 Å². The van der Waals surface area contributed by atoms with Crippen LogP contribution in [0.15, 0.2) is 34.3 Å². The summed E-state index contributed by atoms with van der Waals surface area (Å²) in [6, 6.07) is 6.19. The average Bonchev–Trinajstić information content (AvgIpc) is 2.44. The molecule has 1 aliphatic rings. The van der Waals surface area contributed by atoms with E-state index < -0.39 is 9.84 Å². The Hall–Kier alpha value is -1.64. The quantitative estimate of drug-likeness (QED) is 0.247. The number of nitrogens with zero attached hydrogens (tertiary/aromatic N) is 1. The molecule has 1 aromatic rings. The summed E-state index contributed by atoms with van der Waals surface area (Å²) in [6.45, 7) is 0.327. The molecular formula is C13H19N3O4S. The Labute approximate surface area is 123 Å². The molecule has 0 aliphatic heterocycles. The summed E-state index contributed by atoms with van der Waals surface area (Å²) in [5.41, 5.74) is 5.81. The highest BCUT2D eigenvalue weighted by molar-refractivity contribution is 7.91. The molecule has 0 atom stereocenters. The van der Waals surface area contributed by atoms with E-state index in [1.165, 1.54) is 12.1 Å². The van der Waals surface area contributed by atoms with E-state index >= 15 is 0 Å². The van der Waals surface area contributed by atoms with Gasteiger partial charge in [-0.2, -0.15) is 0 Å². The van der Waals surface area contributed by atoms with Crippen LogP contribution < -0.4 is 11.1 Å². The van der Waals surface area contributed by atoms with E-state index in [9.17, 15) is 8.42 Å². The van der Waals surface area contributed by atoms with Gasteiger partial charge >= 0.3 is 0 Å². The molecule has 0 radical (unpaired) electrons. The average molecular weight is 313 g/mol. The van der Waals surface area contributed by atoms with E-state index in [1.807, 2.05) is 0 Å². The highest BCUT2D eigenvalue weighted by atomic mass is 32.2. The first kappa shape index (κ1) is 15.7. The minimum atomic E-state index is -3.44. The summed E-state index contributed by atoms with van der Waals surface area (Å²) < 4.78 is 24.4. The van der Waals surface area contributed by atoms with Crippen molar-refractivity contribution in [2.24, 2.45) is 10.9 Å². The number of hydrogen-bond donors (Lipinski definition) is 4. The van der Waals surface area contributed by atoms with Crippen molar-refractivity contribution in [2.75, 3.05) is 12.3 Å². The normalized spacial score (nSPS) is 22.8. The van der Waals surface area contributed by atoms with E-state index in [2.05, 4.69) is 10.5 Å². The van der Waals surface area contributed by atoms with Crippen molar-refractivity contribution in [1.29, 1.82) is 0 Å². The number of aliphatic hydroxyl groups excluding tert-OH is 1. The number of benzene rings is 1. The van der Waals surface area contributed by atoms with Gasteiger partial charge in [0.2, 0.25) is 0 Å². The highest BCUT2D eigenvalue weighted by Crippen LogP contribution is 2.19. The fourth-order valence-corrected chi connectivity index (χ4v) is 3.39. The molecule has 0 spiro atoms. The number of aliphatic hydroxyl groups is 1. The van der Waals surface area contributed by atoms with Gasteiger partial charge in [-0.1, -0.05) is 17.3 Å². The fraction of sp³-hybridized carbons (Fsp3) is 0.462.